The van der Waals surface area contributed by atoms with Gasteiger partial charge in [-0.05, 0) is 11.1 Å². The minimum absolute atomic E-state index is 0.159. The van der Waals surface area contributed by atoms with Gasteiger partial charge >= 0.3 is 354 Å². The minimum Gasteiger partial charge on any atom is -0.0617 e. The topological polar surface area (TPSA) is 4.93 Å². The second-order valence-electron chi connectivity index (χ2n) is 19.1. The van der Waals surface area contributed by atoms with E-state index < -0.39 is 0 Å². The van der Waals surface area contributed by atoms with Crippen molar-refractivity contribution in [2.75, 3.05) is 0 Å². The SMILES string of the molecule is c1ccc(-c2ccc3c(c2)c2cc(-c4ccccc4)ccc2n3-c2c3ccccc3c(-c3ccc4c(c3)[se]c3ccc(-c5c6ccccc6c(-c6ccccc6)c6ccccc56)cc34)c3ccccc23)cc1. The third-order valence-corrected chi connectivity index (χ3v) is 17.5. The van der Waals surface area contributed by atoms with Crippen molar-refractivity contribution in [1.82, 2.24) is 4.57 Å². The Labute approximate surface area is 422 Å². The number of fused-ring (bicyclic) bond motifs is 10. The molecule has 1 nitrogen and oxygen atoms in total. The van der Waals surface area contributed by atoms with Crippen LogP contribution >= 0.6 is 0 Å². The predicted molar refractivity (Wildman–Crippen MR) is 310 cm³/mol. The van der Waals surface area contributed by atoms with Gasteiger partial charge in [-0.3, -0.25) is 0 Å². The largest absolute Gasteiger partial charge is 0.0617 e. The zero-order chi connectivity index (χ0) is 47.3. The van der Waals surface area contributed by atoms with Gasteiger partial charge in [0.15, 0.2) is 0 Å². The molecule has 0 saturated heterocycles. The van der Waals surface area contributed by atoms with E-state index >= 15 is 0 Å². The summed E-state index contributed by atoms with van der Waals surface area (Å²) < 4.78 is 5.42. The van der Waals surface area contributed by atoms with Gasteiger partial charge in [-0.15, -0.1) is 0 Å². The summed E-state index contributed by atoms with van der Waals surface area (Å²) >= 11 is 0.159. The van der Waals surface area contributed by atoms with Gasteiger partial charge in [0.2, 0.25) is 0 Å². The molecule has 15 aromatic rings. The molecule has 0 N–H and O–H groups in total. The summed E-state index contributed by atoms with van der Waals surface area (Å²) in [6, 6.07) is 97.2. The van der Waals surface area contributed by atoms with E-state index in [1.54, 1.807) is 0 Å². The Hall–Kier alpha value is -8.78. The molecular weight excluding hydrogens is 934 g/mol. The van der Waals surface area contributed by atoms with Crippen LogP contribution in [-0.4, -0.2) is 19.1 Å². The zero-order valence-electron chi connectivity index (χ0n) is 39.2. The first-order valence-electron chi connectivity index (χ1n) is 24.8. The molecule has 15 rings (SSSR count). The van der Waals surface area contributed by atoms with E-state index in [1.165, 1.54) is 146 Å². The maximum absolute atomic E-state index is 2.55. The van der Waals surface area contributed by atoms with Gasteiger partial charge < -0.3 is 0 Å². The molecule has 0 amide bonds. The minimum atomic E-state index is 0.159. The van der Waals surface area contributed by atoms with Gasteiger partial charge in [-0.1, -0.05) is 60.7 Å². The van der Waals surface area contributed by atoms with Gasteiger partial charge in [-0.2, -0.15) is 0 Å². The van der Waals surface area contributed by atoms with E-state index in [9.17, 15) is 0 Å². The van der Waals surface area contributed by atoms with Crippen LogP contribution in [0.4, 0.5) is 0 Å². The summed E-state index contributed by atoms with van der Waals surface area (Å²) in [5.74, 6) is 0. The molecule has 2 heterocycles. The number of aromatic nitrogens is 1. The first-order valence-corrected chi connectivity index (χ1v) is 26.5. The molecule has 0 saturated carbocycles. The van der Waals surface area contributed by atoms with Gasteiger partial charge in [0.25, 0.3) is 0 Å². The Kier molecular flexibility index (Phi) is 9.35. The number of hydrogen-bond donors (Lipinski definition) is 0. The molecule has 334 valence electrons. The average molecular weight is 977 g/mol. The van der Waals surface area contributed by atoms with Crippen LogP contribution in [0.25, 0.3) is 146 Å². The second-order valence-corrected chi connectivity index (χ2v) is 21.4. The van der Waals surface area contributed by atoms with Gasteiger partial charge in [0, 0.05) is 0 Å². The third kappa shape index (κ3) is 6.33. The zero-order valence-corrected chi connectivity index (χ0v) is 40.9. The van der Waals surface area contributed by atoms with Crippen LogP contribution in [0.3, 0.4) is 0 Å². The van der Waals surface area contributed by atoms with Crippen LogP contribution < -0.4 is 0 Å². The van der Waals surface area contributed by atoms with Crippen molar-refractivity contribution in [1.29, 1.82) is 0 Å². The van der Waals surface area contributed by atoms with Crippen molar-refractivity contribution < 1.29 is 0 Å². The Morgan fingerprint density at radius 3 is 1.06 bits per heavy atom. The Morgan fingerprint density at radius 2 is 0.569 bits per heavy atom. The van der Waals surface area contributed by atoms with Crippen molar-refractivity contribution >= 4 is 98.7 Å². The number of benzene rings is 13. The summed E-state index contributed by atoms with van der Waals surface area (Å²) in [5, 5.41) is 15.3. The quantitative estimate of drug-likeness (QED) is 0.116. The van der Waals surface area contributed by atoms with E-state index in [1.807, 2.05) is 0 Å². The molecular formula is C70H43NSe. The Bertz CT molecular complexity index is 4450. The molecule has 0 bridgehead atoms. The van der Waals surface area contributed by atoms with Crippen molar-refractivity contribution in [2.45, 2.75) is 0 Å². The molecule has 0 atom stereocenters. The number of hydrogen-bond acceptors (Lipinski definition) is 0. The summed E-state index contributed by atoms with van der Waals surface area (Å²) in [4.78, 5) is 0. The van der Waals surface area contributed by atoms with Crippen molar-refractivity contribution in [3.8, 4) is 61.3 Å². The molecule has 13 aromatic carbocycles. The summed E-state index contributed by atoms with van der Waals surface area (Å²) in [6.07, 6.45) is 0. The maximum atomic E-state index is 2.55. The standard InChI is InChI=1S/C70H43NSe/c1-4-18-44(19-5-1)47-33-37-63-60(40-47)61-41-48(45-20-6-2-7-21-45)34-38-64(61)71(63)70-58-30-16-14-28-56(58)69(57-29-15-17-31-59(57)70)50-32-36-51-62-42-49(35-39-65(62)72-66(51)43-50)68-54-26-12-10-24-52(54)67(46-22-8-3-9-23-46)53-25-11-13-27-55(53)68/h1-43H. The van der Waals surface area contributed by atoms with Crippen molar-refractivity contribution in [2.24, 2.45) is 0 Å². The second kappa shape index (κ2) is 16.4. The van der Waals surface area contributed by atoms with E-state index in [-0.39, 0.29) is 14.5 Å². The van der Waals surface area contributed by atoms with Crippen LogP contribution in [0, 0.1) is 0 Å². The van der Waals surface area contributed by atoms with E-state index in [2.05, 4.69) is 265 Å². The van der Waals surface area contributed by atoms with Crippen LogP contribution in [0.5, 0.6) is 0 Å². The Balaban J connectivity index is 0.925. The third-order valence-electron chi connectivity index (χ3n) is 15.1. The summed E-state index contributed by atoms with van der Waals surface area (Å²) in [5.41, 5.74) is 16.1. The van der Waals surface area contributed by atoms with Crippen LogP contribution in [-0.2, 0) is 0 Å². The summed E-state index contributed by atoms with van der Waals surface area (Å²) in [7, 11) is 0. The molecule has 0 aliphatic rings. The Morgan fingerprint density at radius 1 is 0.208 bits per heavy atom. The predicted octanol–water partition coefficient (Wildman–Crippen LogP) is 19.1. The molecule has 0 radical (unpaired) electrons. The van der Waals surface area contributed by atoms with Crippen molar-refractivity contribution in [3.05, 3.63) is 261 Å². The molecule has 2 aromatic heterocycles. The molecule has 0 aliphatic carbocycles. The molecule has 2 heteroatoms. The van der Waals surface area contributed by atoms with E-state index in [0.717, 1.165) is 0 Å². The van der Waals surface area contributed by atoms with Gasteiger partial charge in [0.05, 0.1) is 0 Å². The van der Waals surface area contributed by atoms with Crippen LogP contribution in [0.2, 0.25) is 0 Å². The summed E-state index contributed by atoms with van der Waals surface area (Å²) in [6.45, 7) is 0. The molecule has 72 heavy (non-hydrogen) atoms. The smallest absolute Gasteiger partial charge is 0.0544 e. The van der Waals surface area contributed by atoms with Gasteiger partial charge in [-0.25, -0.2) is 0 Å². The molecule has 0 aliphatic heterocycles. The average Bonchev–Trinajstić information content (AvgIpc) is 3.98. The fraction of sp³-hybridized carbons (Fsp3) is 0. The number of nitrogens with zero attached hydrogens (tertiary/aromatic N) is 1. The molecule has 0 unspecified atom stereocenters. The van der Waals surface area contributed by atoms with Crippen LogP contribution in [0.15, 0.2) is 261 Å². The van der Waals surface area contributed by atoms with Crippen molar-refractivity contribution in [3.63, 3.8) is 0 Å². The first-order chi connectivity index (χ1) is 35.7. The van der Waals surface area contributed by atoms with E-state index in [0.29, 0.717) is 0 Å². The van der Waals surface area contributed by atoms with Crippen LogP contribution in [0.1, 0.15) is 0 Å². The first kappa shape index (κ1) is 41.0. The monoisotopic (exact) mass is 977 g/mol. The molecule has 0 spiro atoms. The maximum Gasteiger partial charge on any atom is -0.0544 e. The van der Waals surface area contributed by atoms with E-state index in [4.69, 9.17) is 0 Å². The normalized spacial score (nSPS) is 11.9. The molecule has 0 fully saturated rings. The fourth-order valence-electron chi connectivity index (χ4n) is 12.0. The fourth-order valence-corrected chi connectivity index (χ4v) is 14.3. The van der Waals surface area contributed by atoms with Gasteiger partial charge in [0.1, 0.15) is 0 Å². The number of rotatable bonds is 6.